The fourth-order valence-corrected chi connectivity index (χ4v) is 1.20. The van der Waals surface area contributed by atoms with Gasteiger partial charge in [-0.15, -0.1) is 0 Å². The summed E-state index contributed by atoms with van der Waals surface area (Å²) in [6.45, 7) is 0. The van der Waals surface area contributed by atoms with Gasteiger partial charge in [-0.2, -0.15) is 18.4 Å². The van der Waals surface area contributed by atoms with Crippen LogP contribution in [-0.4, -0.2) is 9.91 Å². The molecule has 0 amide bonds. The van der Waals surface area contributed by atoms with Crippen molar-refractivity contribution in [3.8, 4) is 6.07 Å². The molecule has 18 heavy (non-hydrogen) atoms. The van der Waals surface area contributed by atoms with E-state index in [1.165, 1.54) is 6.07 Å². The predicted molar refractivity (Wildman–Crippen MR) is 45.6 cm³/mol. The number of nitriles is 1. The number of rotatable bonds is 2. The first kappa shape index (κ1) is 13.8. The van der Waals surface area contributed by atoms with Crippen molar-refractivity contribution in [2.24, 2.45) is 0 Å². The van der Waals surface area contributed by atoms with E-state index in [-0.39, 0.29) is 6.07 Å². The van der Waals surface area contributed by atoms with Crippen molar-refractivity contribution in [1.29, 1.82) is 5.26 Å². The number of aromatic nitrogens is 1. The van der Waals surface area contributed by atoms with Crippen molar-refractivity contribution >= 4 is 5.69 Å². The standard InChI is InChI=1S/C8H2F5N3O2/c9-7(10)6-5(8(11,12)13)4(16(17)18)1-3(2-14)15-6/h1,7H. The summed E-state index contributed by atoms with van der Waals surface area (Å²) in [5, 5.41) is 18.8. The molecule has 96 valence electrons. The van der Waals surface area contributed by atoms with Crippen molar-refractivity contribution in [3.63, 3.8) is 0 Å². The Hall–Kier alpha value is -2.31. The molecular weight excluding hydrogens is 265 g/mol. The number of pyridine rings is 1. The molecule has 0 saturated heterocycles. The lowest BCUT2D eigenvalue weighted by Gasteiger charge is -2.11. The minimum Gasteiger partial charge on any atom is -0.258 e. The summed E-state index contributed by atoms with van der Waals surface area (Å²) in [5.74, 6) is 0. The molecular formula is C8H2F5N3O2. The average molecular weight is 267 g/mol. The van der Waals surface area contributed by atoms with E-state index >= 15 is 0 Å². The third-order valence-electron chi connectivity index (χ3n) is 1.83. The van der Waals surface area contributed by atoms with Gasteiger partial charge in [-0.1, -0.05) is 0 Å². The average Bonchev–Trinajstić information content (AvgIpc) is 2.25. The number of hydrogen-bond acceptors (Lipinski definition) is 4. The molecule has 0 aliphatic carbocycles. The molecule has 0 bridgehead atoms. The second-order valence-corrected chi connectivity index (χ2v) is 2.95. The quantitative estimate of drug-likeness (QED) is 0.468. The highest BCUT2D eigenvalue weighted by molar-refractivity contribution is 5.49. The Morgan fingerprint density at radius 1 is 1.44 bits per heavy atom. The molecule has 0 aliphatic heterocycles. The Balaban J connectivity index is 3.74. The zero-order valence-electron chi connectivity index (χ0n) is 8.20. The SMILES string of the molecule is N#Cc1cc([N+](=O)[O-])c(C(F)(F)F)c(C(F)F)n1. The van der Waals surface area contributed by atoms with Crippen molar-refractivity contribution in [3.05, 3.63) is 33.1 Å². The van der Waals surface area contributed by atoms with Gasteiger partial charge in [0.25, 0.3) is 12.1 Å². The molecule has 0 atom stereocenters. The number of nitro groups is 1. The Labute approximate surface area is 95.6 Å². The van der Waals surface area contributed by atoms with Gasteiger partial charge in [-0.05, 0) is 0 Å². The van der Waals surface area contributed by atoms with Crippen LogP contribution in [0.25, 0.3) is 0 Å². The van der Waals surface area contributed by atoms with Crippen molar-refractivity contribution in [1.82, 2.24) is 4.98 Å². The molecule has 0 N–H and O–H groups in total. The van der Waals surface area contributed by atoms with Crippen molar-refractivity contribution in [2.45, 2.75) is 12.6 Å². The van der Waals surface area contributed by atoms with E-state index in [1.807, 2.05) is 0 Å². The second-order valence-electron chi connectivity index (χ2n) is 2.95. The van der Waals surface area contributed by atoms with E-state index < -0.39 is 40.2 Å². The molecule has 1 aromatic heterocycles. The van der Waals surface area contributed by atoms with Crippen LogP contribution < -0.4 is 0 Å². The summed E-state index contributed by atoms with van der Waals surface area (Å²) in [7, 11) is 0. The minimum atomic E-state index is -5.37. The molecule has 1 rings (SSSR count). The van der Waals surface area contributed by atoms with Gasteiger partial charge in [0.1, 0.15) is 17.5 Å². The third kappa shape index (κ3) is 2.50. The van der Waals surface area contributed by atoms with Crippen LogP contribution in [0.4, 0.5) is 27.6 Å². The molecule has 0 radical (unpaired) electrons. The van der Waals surface area contributed by atoms with Crippen molar-refractivity contribution in [2.75, 3.05) is 0 Å². The Bertz CT molecular complexity index is 535. The van der Waals surface area contributed by atoms with Crippen LogP contribution in [0, 0.1) is 21.4 Å². The zero-order valence-corrected chi connectivity index (χ0v) is 8.20. The van der Waals surface area contributed by atoms with Gasteiger partial charge < -0.3 is 0 Å². The van der Waals surface area contributed by atoms with E-state index in [4.69, 9.17) is 5.26 Å². The number of nitrogens with zero attached hydrogens (tertiary/aromatic N) is 3. The summed E-state index contributed by atoms with van der Waals surface area (Å²) in [4.78, 5) is 11.7. The molecule has 1 heterocycles. The van der Waals surface area contributed by atoms with E-state index in [0.29, 0.717) is 0 Å². The summed E-state index contributed by atoms with van der Waals surface area (Å²) >= 11 is 0. The van der Waals surface area contributed by atoms with E-state index in [2.05, 4.69) is 4.98 Å². The molecule has 0 saturated carbocycles. The van der Waals surface area contributed by atoms with Crippen LogP contribution in [0.2, 0.25) is 0 Å². The van der Waals surface area contributed by atoms with Crippen LogP contribution in [-0.2, 0) is 6.18 Å². The summed E-state index contributed by atoms with van der Waals surface area (Å²) in [6, 6.07) is 1.38. The van der Waals surface area contributed by atoms with Gasteiger partial charge in [0.2, 0.25) is 0 Å². The van der Waals surface area contributed by atoms with Crippen LogP contribution in [0.1, 0.15) is 23.4 Å². The fraction of sp³-hybridized carbons (Fsp3) is 0.250. The van der Waals surface area contributed by atoms with Gasteiger partial charge >= 0.3 is 6.18 Å². The summed E-state index contributed by atoms with van der Waals surface area (Å²) in [5.41, 5.74) is -6.47. The number of hydrogen-bond donors (Lipinski definition) is 0. The molecule has 0 fully saturated rings. The van der Waals surface area contributed by atoms with Crippen molar-refractivity contribution < 1.29 is 26.9 Å². The molecule has 0 spiro atoms. The summed E-state index contributed by atoms with van der Waals surface area (Å²) in [6.07, 6.45) is -9.05. The summed E-state index contributed by atoms with van der Waals surface area (Å²) < 4.78 is 62.4. The minimum absolute atomic E-state index is 0.203. The maximum absolute atomic E-state index is 12.5. The predicted octanol–water partition coefficient (Wildman–Crippen LogP) is 2.82. The van der Waals surface area contributed by atoms with Gasteiger partial charge in [-0.3, -0.25) is 10.1 Å². The maximum Gasteiger partial charge on any atom is 0.425 e. The molecule has 10 heteroatoms. The first-order valence-electron chi connectivity index (χ1n) is 4.13. The number of halogens is 5. The monoisotopic (exact) mass is 267 g/mol. The Kier molecular flexibility index (Phi) is 3.45. The highest BCUT2D eigenvalue weighted by Gasteiger charge is 2.44. The lowest BCUT2D eigenvalue weighted by Crippen LogP contribution is -2.15. The first-order chi connectivity index (χ1) is 8.18. The van der Waals surface area contributed by atoms with Gasteiger partial charge in [-0.25, -0.2) is 13.8 Å². The molecule has 5 nitrogen and oxygen atoms in total. The fourth-order valence-electron chi connectivity index (χ4n) is 1.20. The molecule has 0 unspecified atom stereocenters. The maximum atomic E-state index is 12.5. The van der Waals surface area contributed by atoms with Crippen LogP contribution in [0.15, 0.2) is 6.07 Å². The van der Waals surface area contributed by atoms with E-state index in [1.54, 1.807) is 0 Å². The van der Waals surface area contributed by atoms with Crippen LogP contribution in [0.5, 0.6) is 0 Å². The largest absolute Gasteiger partial charge is 0.425 e. The highest BCUT2D eigenvalue weighted by atomic mass is 19.4. The lowest BCUT2D eigenvalue weighted by molar-refractivity contribution is -0.388. The Morgan fingerprint density at radius 3 is 2.33 bits per heavy atom. The molecule has 0 aromatic carbocycles. The molecule has 1 aromatic rings. The van der Waals surface area contributed by atoms with E-state index in [0.717, 1.165) is 0 Å². The third-order valence-corrected chi connectivity index (χ3v) is 1.83. The Morgan fingerprint density at radius 2 is 2.00 bits per heavy atom. The van der Waals surface area contributed by atoms with Crippen LogP contribution in [0.3, 0.4) is 0 Å². The van der Waals surface area contributed by atoms with Gasteiger partial charge in [0, 0.05) is 0 Å². The molecule has 0 aliphatic rings. The zero-order chi connectivity index (χ0) is 14.1. The smallest absolute Gasteiger partial charge is 0.258 e. The first-order valence-corrected chi connectivity index (χ1v) is 4.13. The van der Waals surface area contributed by atoms with E-state index in [9.17, 15) is 32.1 Å². The van der Waals surface area contributed by atoms with Crippen LogP contribution >= 0.6 is 0 Å². The van der Waals surface area contributed by atoms with Gasteiger partial charge in [0.15, 0.2) is 5.56 Å². The highest BCUT2D eigenvalue weighted by Crippen LogP contribution is 2.41. The number of alkyl halides is 5. The normalized spacial score (nSPS) is 11.4. The second kappa shape index (κ2) is 4.52. The topological polar surface area (TPSA) is 79.8 Å². The lowest BCUT2D eigenvalue weighted by atomic mass is 10.1. The van der Waals surface area contributed by atoms with Gasteiger partial charge in [0.05, 0.1) is 11.0 Å².